The molecule has 5 aliphatic heterocycles. The number of hydrogen-bond donors (Lipinski definition) is 3. The van der Waals surface area contributed by atoms with Crippen LogP contribution in [0.2, 0.25) is 0 Å². The molecule has 12 heteroatoms. The van der Waals surface area contributed by atoms with Crippen molar-refractivity contribution in [1.82, 2.24) is 0 Å². The number of rotatable bonds is 6. The van der Waals surface area contributed by atoms with Crippen LogP contribution in [0.25, 0.3) is 0 Å². The molecule has 0 aromatic carbocycles. The lowest BCUT2D eigenvalue weighted by Crippen LogP contribution is -2.60. The Morgan fingerprint density at radius 2 is 1.76 bits per heavy atom. The number of aliphatic hydroxyl groups excluding tert-OH is 2. The lowest BCUT2D eigenvalue weighted by molar-refractivity contribution is -0.354. The number of methoxy groups -OCH3 is 2. The molecule has 0 saturated carbocycles. The Morgan fingerprint density at radius 1 is 1.00 bits per heavy atom. The van der Waals surface area contributed by atoms with E-state index in [1.54, 1.807) is 20.3 Å². The van der Waals surface area contributed by atoms with Crippen molar-refractivity contribution in [3.8, 4) is 0 Å². The van der Waals surface area contributed by atoms with E-state index >= 15 is 0 Å². The van der Waals surface area contributed by atoms with Crippen molar-refractivity contribution in [2.75, 3.05) is 20.8 Å². The Labute approximate surface area is 320 Å². The number of ether oxygens (including phenoxy) is 8. The maximum Gasteiger partial charge on any atom is 0.316 e. The highest BCUT2D eigenvalue weighted by Gasteiger charge is 2.61. The van der Waals surface area contributed by atoms with Gasteiger partial charge in [0.25, 0.3) is 0 Å². The van der Waals surface area contributed by atoms with Gasteiger partial charge in [-0.2, -0.15) is 0 Å². The number of esters is 1. The average molecular weight is 761 g/mol. The lowest BCUT2D eigenvalue weighted by atomic mass is 9.70. The first-order valence-electron chi connectivity index (χ1n) is 20.0. The summed E-state index contributed by atoms with van der Waals surface area (Å²) in [4.78, 5) is 14.4. The third-order valence-electron chi connectivity index (χ3n) is 13.0. The zero-order chi connectivity index (χ0) is 39.1. The van der Waals surface area contributed by atoms with Crippen LogP contribution in [0.15, 0.2) is 47.1 Å². The Kier molecular flexibility index (Phi) is 13.0. The first kappa shape index (κ1) is 41.7. The van der Waals surface area contributed by atoms with E-state index < -0.39 is 84.5 Å². The summed E-state index contributed by atoms with van der Waals surface area (Å²) in [6.07, 6.45) is 6.15. The van der Waals surface area contributed by atoms with Crippen LogP contribution in [0.3, 0.4) is 0 Å². The number of carbonyl (C=O) groups excluding carboxylic acids is 1. The van der Waals surface area contributed by atoms with Crippen LogP contribution >= 0.6 is 0 Å². The smallest absolute Gasteiger partial charge is 0.316 e. The molecule has 6 aliphatic rings. The van der Waals surface area contributed by atoms with E-state index in [9.17, 15) is 20.1 Å². The maximum absolute atomic E-state index is 14.4. The maximum atomic E-state index is 14.4. The molecule has 5 heterocycles. The lowest BCUT2D eigenvalue weighted by Gasteiger charge is -2.52. The Morgan fingerprint density at radius 3 is 2.46 bits per heavy atom. The van der Waals surface area contributed by atoms with Gasteiger partial charge in [-0.3, -0.25) is 4.79 Å². The Balaban J connectivity index is 1.40. The molecule has 17 unspecified atom stereocenters. The standard InChI is InChI=1S/C42H64O12/c1-10-22(2)37-26(6)32(43)20-41(54-37)19-30-17-29(53-41)15-14-24(4)36(52-34-18-33(47-8)35(44)27(7)50-34)23(3)12-11-13-28-21-49-39-38(48-9)25(5)16-31(40(45)51-30)42(28,39)46/h11-14,16,22-23,26-27,29-39,43-44,46H,10,15,17-21H2,1-9H3. The van der Waals surface area contributed by atoms with Gasteiger partial charge < -0.3 is 53.2 Å². The zero-order valence-corrected chi connectivity index (χ0v) is 33.5. The third-order valence-corrected chi connectivity index (χ3v) is 13.0. The van der Waals surface area contributed by atoms with Crippen LogP contribution in [0.4, 0.5) is 0 Å². The highest BCUT2D eigenvalue weighted by molar-refractivity contribution is 5.78. The Bertz CT molecular complexity index is 1460. The molecule has 12 nitrogen and oxygen atoms in total. The molecule has 54 heavy (non-hydrogen) atoms. The highest BCUT2D eigenvalue weighted by Crippen LogP contribution is 2.48. The average Bonchev–Trinajstić information content (AvgIpc) is 3.47. The molecule has 6 rings (SSSR count). The molecule has 17 atom stereocenters. The second-order valence-electron chi connectivity index (χ2n) is 16.8. The molecule has 3 N–H and O–H groups in total. The first-order chi connectivity index (χ1) is 25.6. The summed E-state index contributed by atoms with van der Waals surface area (Å²) >= 11 is 0. The topological polar surface area (TPSA) is 152 Å². The van der Waals surface area contributed by atoms with Crippen LogP contribution in [-0.4, -0.2) is 121 Å². The van der Waals surface area contributed by atoms with Gasteiger partial charge in [-0.15, -0.1) is 0 Å². The van der Waals surface area contributed by atoms with E-state index in [-0.39, 0.29) is 43.3 Å². The van der Waals surface area contributed by atoms with Crippen LogP contribution < -0.4 is 0 Å². The van der Waals surface area contributed by atoms with E-state index in [4.69, 9.17) is 37.9 Å². The van der Waals surface area contributed by atoms with E-state index in [0.717, 1.165) is 17.6 Å². The number of fused-ring (bicyclic) bond motifs is 2. The molecule has 4 saturated heterocycles. The summed E-state index contributed by atoms with van der Waals surface area (Å²) in [5, 5.41) is 34.6. The van der Waals surface area contributed by atoms with Gasteiger partial charge >= 0.3 is 5.97 Å². The second-order valence-corrected chi connectivity index (χ2v) is 16.8. The van der Waals surface area contributed by atoms with Crippen LogP contribution in [-0.2, 0) is 42.7 Å². The van der Waals surface area contributed by atoms with Crippen molar-refractivity contribution in [1.29, 1.82) is 0 Å². The number of hydrogen-bond acceptors (Lipinski definition) is 12. The molecule has 1 aliphatic carbocycles. The van der Waals surface area contributed by atoms with Gasteiger partial charge in [-0.1, -0.05) is 64.5 Å². The van der Waals surface area contributed by atoms with Gasteiger partial charge in [-0.25, -0.2) is 0 Å². The Hall–Kier alpha value is -1.97. The van der Waals surface area contributed by atoms with E-state index in [1.165, 1.54) is 0 Å². The minimum atomic E-state index is -1.72. The molecule has 304 valence electrons. The molecule has 0 aromatic rings. The molecule has 4 fully saturated rings. The molecule has 0 amide bonds. The first-order valence-corrected chi connectivity index (χ1v) is 20.0. The summed E-state index contributed by atoms with van der Waals surface area (Å²) in [5.74, 6) is -2.85. The van der Waals surface area contributed by atoms with Gasteiger partial charge in [-0.05, 0) is 49.8 Å². The van der Waals surface area contributed by atoms with Crippen LogP contribution in [0.1, 0.15) is 87.0 Å². The minimum Gasteiger partial charge on any atom is -0.462 e. The van der Waals surface area contributed by atoms with Crippen molar-refractivity contribution < 1.29 is 58.0 Å². The van der Waals surface area contributed by atoms with E-state index in [2.05, 4.69) is 26.8 Å². The van der Waals surface area contributed by atoms with Crippen LogP contribution in [0, 0.1) is 23.7 Å². The van der Waals surface area contributed by atoms with Gasteiger partial charge in [0.15, 0.2) is 12.1 Å². The van der Waals surface area contributed by atoms with Gasteiger partial charge in [0.2, 0.25) is 0 Å². The molecule has 0 radical (unpaired) electrons. The normalized spacial score (nSPS) is 46.6. The summed E-state index contributed by atoms with van der Waals surface area (Å²) in [5.41, 5.74) is 0.566. The molecular weight excluding hydrogens is 696 g/mol. The van der Waals surface area contributed by atoms with Crippen LogP contribution in [0.5, 0.6) is 0 Å². The van der Waals surface area contributed by atoms with E-state index in [0.29, 0.717) is 24.8 Å². The van der Waals surface area contributed by atoms with Crippen molar-refractivity contribution in [2.24, 2.45) is 23.7 Å². The van der Waals surface area contributed by atoms with Crippen molar-refractivity contribution in [2.45, 2.75) is 166 Å². The highest BCUT2D eigenvalue weighted by atomic mass is 16.7. The SMILES string of the molecule is CCC(C)C1OC2(CC3CC(CC=C(C)C(OC4CC(OC)C(O)C(C)O4)C(C)C=CC=C4COC5C(OC)C(C)=CC(C(=O)O3)C45O)O2)CC(O)C1C. The number of allylic oxidation sites excluding steroid dienone is 2. The summed E-state index contributed by atoms with van der Waals surface area (Å²) in [6.45, 7) is 14.1. The zero-order valence-electron chi connectivity index (χ0n) is 33.5. The van der Waals surface area contributed by atoms with Crippen molar-refractivity contribution in [3.05, 3.63) is 47.1 Å². The monoisotopic (exact) mass is 760 g/mol. The molecule has 1 spiro atoms. The largest absolute Gasteiger partial charge is 0.462 e. The van der Waals surface area contributed by atoms with Crippen molar-refractivity contribution in [3.63, 3.8) is 0 Å². The predicted molar refractivity (Wildman–Crippen MR) is 199 cm³/mol. The van der Waals surface area contributed by atoms with Gasteiger partial charge in [0, 0.05) is 51.7 Å². The van der Waals surface area contributed by atoms with Gasteiger partial charge in [0.05, 0.1) is 43.2 Å². The number of carbonyl (C=O) groups is 1. The van der Waals surface area contributed by atoms with Gasteiger partial charge in [0.1, 0.15) is 35.9 Å². The molecular formula is C42H64O12. The quantitative estimate of drug-likeness (QED) is 0.255. The number of aliphatic hydroxyl groups is 3. The fourth-order valence-corrected chi connectivity index (χ4v) is 9.58. The molecule has 0 aromatic heterocycles. The summed E-state index contributed by atoms with van der Waals surface area (Å²) < 4.78 is 50.5. The fraction of sp³-hybridized carbons (Fsp3) is 0.786. The van der Waals surface area contributed by atoms with Crippen molar-refractivity contribution >= 4 is 5.97 Å². The third kappa shape index (κ3) is 8.08. The summed E-state index contributed by atoms with van der Waals surface area (Å²) in [7, 11) is 3.15. The fourth-order valence-electron chi connectivity index (χ4n) is 9.58. The predicted octanol–water partition coefficient (Wildman–Crippen LogP) is 4.69. The summed E-state index contributed by atoms with van der Waals surface area (Å²) in [6, 6.07) is 0. The minimum absolute atomic E-state index is 0.0953. The molecule has 2 bridgehead atoms. The van der Waals surface area contributed by atoms with E-state index in [1.807, 2.05) is 45.9 Å². The second kappa shape index (κ2) is 16.9.